The van der Waals surface area contributed by atoms with Crippen LogP contribution in [0.25, 0.3) is 0 Å². The minimum Gasteiger partial charge on any atom is -0.489 e. The van der Waals surface area contributed by atoms with E-state index in [-0.39, 0.29) is 19.1 Å². The highest BCUT2D eigenvalue weighted by molar-refractivity contribution is 7.98. The number of aliphatic hydroxyl groups is 1. The van der Waals surface area contributed by atoms with E-state index in [1.165, 1.54) is 5.56 Å². The van der Waals surface area contributed by atoms with E-state index in [4.69, 9.17) is 27.9 Å². The number of carbonyl (C=O) groups is 1. The average molecular weight is 414 g/mol. The summed E-state index contributed by atoms with van der Waals surface area (Å²) in [5.41, 5.74) is 1.74. The first kappa shape index (κ1) is 20.9. The highest BCUT2D eigenvalue weighted by Gasteiger charge is 2.12. The summed E-state index contributed by atoms with van der Waals surface area (Å²) < 4.78 is 5.45. The van der Waals surface area contributed by atoms with Gasteiger partial charge in [-0.05, 0) is 35.6 Å². The first-order chi connectivity index (χ1) is 12.5. The van der Waals surface area contributed by atoms with Crippen LogP contribution in [0.1, 0.15) is 22.8 Å². The molecular weight excluding hydrogens is 393 g/mol. The lowest BCUT2D eigenvalue weighted by Crippen LogP contribution is -2.35. The molecule has 0 saturated carbocycles. The van der Waals surface area contributed by atoms with Gasteiger partial charge in [-0.25, -0.2) is 0 Å². The summed E-state index contributed by atoms with van der Waals surface area (Å²) in [5, 5.41) is 13.4. The molecule has 4 nitrogen and oxygen atoms in total. The number of hydrogen-bond acceptors (Lipinski definition) is 4. The normalized spacial score (nSPS) is 11.8. The number of thioether (sulfide) groups is 1. The van der Waals surface area contributed by atoms with Crippen molar-refractivity contribution in [3.8, 4) is 5.75 Å². The van der Waals surface area contributed by atoms with Gasteiger partial charge in [0, 0.05) is 17.9 Å². The third kappa shape index (κ3) is 6.40. The minimum atomic E-state index is -0.866. The van der Waals surface area contributed by atoms with Crippen molar-refractivity contribution < 1.29 is 14.6 Å². The molecule has 1 unspecified atom stereocenters. The number of rotatable bonds is 9. The maximum atomic E-state index is 12.1. The van der Waals surface area contributed by atoms with Crippen LogP contribution in [0.5, 0.6) is 5.75 Å². The third-order valence-electron chi connectivity index (χ3n) is 3.53. The van der Waals surface area contributed by atoms with E-state index in [0.717, 1.165) is 11.5 Å². The summed E-state index contributed by atoms with van der Waals surface area (Å²) in [4.78, 5) is 12.1. The van der Waals surface area contributed by atoms with Crippen LogP contribution in [0.15, 0.2) is 42.5 Å². The van der Waals surface area contributed by atoms with E-state index >= 15 is 0 Å². The average Bonchev–Trinajstić information content (AvgIpc) is 2.66. The summed E-state index contributed by atoms with van der Waals surface area (Å²) >= 11 is 13.8. The van der Waals surface area contributed by atoms with Gasteiger partial charge in [0.1, 0.15) is 23.5 Å². The van der Waals surface area contributed by atoms with E-state index < -0.39 is 6.10 Å². The first-order valence-electron chi connectivity index (χ1n) is 8.21. The van der Waals surface area contributed by atoms with Crippen LogP contribution in [0.4, 0.5) is 0 Å². The van der Waals surface area contributed by atoms with Gasteiger partial charge in [0.05, 0.1) is 5.02 Å². The lowest BCUT2D eigenvalue weighted by Gasteiger charge is -2.14. The first-order valence-corrected chi connectivity index (χ1v) is 10.1. The molecule has 0 aliphatic heterocycles. The molecule has 0 heterocycles. The fraction of sp³-hybridized carbons (Fsp3) is 0.316. The maximum absolute atomic E-state index is 12.1. The van der Waals surface area contributed by atoms with Gasteiger partial charge in [0.2, 0.25) is 0 Å². The Bertz CT molecular complexity index is 725. The maximum Gasteiger partial charge on any atom is 0.251 e. The summed E-state index contributed by atoms with van der Waals surface area (Å²) in [6.45, 7) is 2.18. The van der Waals surface area contributed by atoms with Crippen LogP contribution in [0.2, 0.25) is 10.0 Å². The van der Waals surface area contributed by atoms with Crippen molar-refractivity contribution in [3.63, 3.8) is 0 Å². The molecule has 2 rings (SSSR count). The summed E-state index contributed by atoms with van der Waals surface area (Å²) in [6, 6.07) is 12.5. The zero-order valence-electron chi connectivity index (χ0n) is 14.4. The molecule has 26 heavy (non-hydrogen) atoms. The van der Waals surface area contributed by atoms with Crippen LogP contribution >= 0.6 is 35.0 Å². The lowest BCUT2D eigenvalue weighted by molar-refractivity contribution is 0.0844. The fourth-order valence-electron chi connectivity index (χ4n) is 2.13. The quantitative estimate of drug-likeness (QED) is 0.638. The molecule has 0 spiro atoms. The van der Waals surface area contributed by atoms with Crippen molar-refractivity contribution in [3.05, 3.63) is 63.6 Å². The molecular formula is C19H21Cl2NO3S. The van der Waals surface area contributed by atoms with Gasteiger partial charge in [-0.3, -0.25) is 4.79 Å². The Kier molecular flexibility index (Phi) is 8.59. The molecule has 0 aromatic heterocycles. The standard InChI is InChI=1S/C19H21Cl2NO3S/c1-2-26-12-13-6-8-14(9-7-13)19(24)22-10-15(23)11-25-17-5-3-4-16(20)18(17)21/h3-9,15,23H,2,10-12H2,1H3,(H,22,24). The van der Waals surface area contributed by atoms with Gasteiger partial charge in [0.15, 0.2) is 0 Å². The molecule has 1 amide bonds. The second kappa shape index (κ2) is 10.7. The number of ether oxygens (including phenoxy) is 1. The van der Waals surface area contributed by atoms with Crippen LogP contribution in [-0.4, -0.2) is 36.0 Å². The lowest BCUT2D eigenvalue weighted by atomic mass is 10.1. The van der Waals surface area contributed by atoms with Crippen molar-refractivity contribution in [2.45, 2.75) is 18.8 Å². The van der Waals surface area contributed by atoms with Crippen LogP contribution in [0.3, 0.4) is 0 Å². The smallest absolute Gasteiger partial charge is 0.251 e. The largest absolute Gasteiger partial charge is 0.489 e. The Morgan fingerprint density at radius 1 is 1.23 bits per heavy atom. The van der Waals surface area contributed by atoms with Crippen molar-refractivity contribution in [1.82, 2.24) is 5.32 Å². The topological polar surface area (TPSA) is 58.6 Å². The van der Waals surface area contributed by atoms with Crippen molar-refractivity contribution in [2.24, 2.45) is 0 Å². The van der Waals surface area contributed by atoms with Crippen LogP contribution in [-0.2, 0) is 5.75 Å². The molecule has 0 saturated heterocycles. The van der Waals surface area contributed by atoms with E-state index in [0.29, 0.717) is 21.4 Å². The Morgan fingerprint density at radius 2 is 1.96 bits per heavy atom. The molecule has 2 N–H and O–H groups in total. The van der Waals surface area contributed by atoms with Gasteiger partial charge in [-0.1, -0.05) is 48.3 Å². The molecule has 0 fully saturated rings. The number of aliphatic hydroxyl groups excluding tert-OH is 1. The second-order valence-corrected chi connectivity index (χ2v) is 7.62. The number of nitrogens with one attached hydrogen (secondary N) is 1. The number of benzene rings is 2. The highest BCUT2D eigenvalue weighted by Crippen LogP contribution is 2.31. The Labute approximate surface area is 167 Å². The number of carbonyl (C=O) groups excluding carboxylic acids is 1. The van der Waals surface area contributed by atoms with E-state index in [9.17, 15) is 9.90 Å². The monoisotopic (exact) mass is 413 g/mol. The van der Waals surface area contributed by atoms with Gasteiger partial charge in [-0.15, -0.1) is 0 Å². The van der Waals surface area contributed by atoms with Crippen LogP contribution < -0.4 is 10.1 Å². The van der Waals surface area contributed by atoms with Crippen LogP contribution in [0, 0.1) is 0 Å². The molecule has 1 atom stereocenters. The minimum absolute atomic E-state index is 0.00643. The molecule has 2 aromatic carbocycles. The molecule has 0 radical (unpaired) electrons. The fourth-order valence-corrected chi connectivity index (χ4v) is 3.10. The zero-order chi connectivity index (χ0) is 18.9. The van der Waals surface area contributed by atoms with Crippen molar-refractivity contribution in [2.75, 3.05) is 18.9 Å². The summed E-state index contributed by atoms with van der Waals surface area (Å²) in [6.07, 6.45) is -0.866. The van der Waals surface area contributed by atoms with Crippen molar-refractivity contribution in [1.29, 1.82) is 0 Å². The molecule has 140 valence electrons. The number of halogens is 2. The Hall–Kier alpha value is -1.40. The van der Waals surface area contributed by atoms with E-state index in [1.807, 2.05) is 23.9 Å². The zero-order valence-corrected chi connectivity index (χ0v) is 16.7. The van der Waals surface area contributed by atoms with Crippen molar-refractivity contribution >= 4 is 40.9 Å². The number of amides is 1. The molecule has 2 aromatic rings. The SMILES string of the molecule is CCSCc1ccc(C(=O)NCC(O)COc2cccc(Cl)c2Cl)cc1. The third-order valence-corrected chi connectivity index (χ3v) is 5.28. The van der Waals surface area contributed by atoms with Gasteiger partial charge < -0.3 is 15.2 Å². The second-order valence-electron chi connectivity index (χ2n) is 5.56. The van der Waals surface area contributed by atoms with Gasteiger partial charge in [-0.2, -0.15) is 11.8 Å². The molecule has 0 bridgehead atoms. The Balaban J connectivity index is 1.78. The molecule has 0 aliphatic rings. The summed E-state index contributed by atoms with van der Waals surface area (Å²) in [7, 11) is 0. The summed E-state index contributed by atoms with van der Waals surface area (Å²) in [5.74, 6) is 2.15. The predicted molar refractivity (Wildman–Crippen MR) is 109 cm³/mol. The van der Waals surface area contributed by atoms with E-state index in [2.05, 4.69) is 12.2 Å². The van der Waals surface area contributed by atoms with E-state index in [1.54, 1.807) is 30.3 Å². The predicted octanol–water partition coefficient (Wildman–Crippen LogP) is 4.42. The molecule has 7 heteroatoms. The highest BCUT2D eigenvalue weighted by atomic mass is 35.5. The van der Waals surface area contributed by atoms with Gasteiger partial charge in [0.25, 0.3) is 5.91 Å². The van der Waals surface area contributed by atoms with Gasteiger partial charge >= 0.3 is 0 Å². The molecule has 0 aliphatic carbocycles. The number of hydrogen-bond donors (Lipinski definition) is 2. The Morgan fingerprint density at radius 3 is 2.65 bits per heavy atom.